The summed E-state index contributed by atoms with van der Waals surface area (Å²) < 4.78 is 1.03. The van der Waals surface area contributed by atoms with Gasteiger partial charge in [-0.25, -0.2) is 0 Å². The van der Waals surface area contributed by atoms with Crippen LogP contribution in [-0.4, -0.2) is 23.5 Å². The predicted octanol–water partition coefficient (Wildman–Crippen LogP) is 1.83. The number of nitrogens with one attached hydrogen (secondary N) is 1. The first-order chi connectivity index (χ1) is 8.58. The van der Waals surface area contributed by atoms with Crippen LogP contribution in [0.1, 0.15) is 12.0 Å². The molecule has 1 aliphatic rings. The Hall–Kier alpha value is -1.36. The van der Waals surface area contributed by atoms with Gasteiger partial charge in [0.1, 0.15) is 0 Å². The van der Waals surface area contributed by atoms with E-state index >= 15 is 0 Å². The van der Waals surface area contributed by atoms with Crippen molar-refractivity contribution in [1.29, 1.82) is 0 Å². The molecule has 0 heterocycles. The molecule has 4 nitrogen and oxygen atoms in total. The Morgan fingerprint density at radius 1 is 1.28 bits per heavy atom. The molecule has 2 rings (SSSR count). The predicted molar refractivity (Wildman–Crippen MR) is 70.1 cm³/mol. The van der Waals surface area contributed by atoms with Crippen LogP contribution in [0.25, 0.3) is 0 Å². The van der Waals surface area contributed by atoms with Crippen LogP contribution < -0.4 is 5.32 Å². The normalized spacial score (nSPS) is 21.4. The van der Waals surface area contributed by atoms with Crippen LogP contribution >= 0.6 is 15.9 Å². The molecule has 2 unspecified atom stereocenters. The number of amides is 1. The molecule has 1 fully saturated rings. The van der Waals surface area contributed by atoms with Gasteiger partial charge in [-0.3, -0.25) is 9.59 Å². The smallest absolute Gasteiger partial charge is 0.307 e. The van der Waals surface area contributed by atoms with E-state index in [-0.39, 0.29) is 11.8 Å². The zero-order valence-electron chi connectivity index (χ0n) is 9.73. The summed E-state index contributed by atoms with van der Waals surface area (Å²) >= 11 is 3.36. The van der Waals surface area contributed by atoms with Crippen LogP contribution in [0.15, 0.2) is 28.7 Å². The van der Waals surface area contributed by atoms with E-state index in [9.17, 15) is 9.59 Å². The van der Waals surface area contributed by atoms with Crippen LogP contribution in [0.3, 0.4) is 0 Å². The third-order valence-electron chi connectivity index (χ3n) is 3.07. The van der Waals surface area contributed by atoms with Gasteiger partial charge in [0.2, 0.25) is 5.91 Å². The Morgan fingerprint density at radius 2 is 1.94 bits per heavy atom. The molecule has 1 aliphatic carbocycles. The zero-order chi connectivity index (χ0) is 13.1. The number of carbonyl (C=O) groups excluding carboxylic acids is 1. The highest BCUT2D eigenvalue weighted by molar-refractivity contribution is 9.10. The summed E-state index contributed by atoms with van der Waals surface area (Å²) in [5, 5.41) is 11.5. The minimum Gasteiger partial charge on any atom is -0.481 e. The van der Waals surface area contributed by atoms with Crippen molar-refractivity contribution in [3.63, 3.8) is 0 Å². The molecule has 1 aromatic carbocycles. The van der Waals surface area contributed by atoms with Crippen LogP contribution in [0.2, 0.25) is 0 Å². The number of rotatable bonds is 5. The van der Waals surface area contributed by atoms with Gasteiger partial charge in [-0.15, -0.1) is 0 Å². The zero-order valence-corrected chi connectivity index (χ0v) is 11.3. The molecule has 0 aromatic heterocycles. The van der Waals surface area contributed by atoms with Crippen LogP contribution in [0, 0.1) is 11.8 Å². The van der Waals surface area contributed by atoms with Crippen LogP contribution in [0.4, 0.5) is 0 Å². The molecule has 1 aromatic rings. The second-order valence-corrected chi connectivity index (χ2v) is 5.37. The number of carbonyl (C=O) groups is 2. The number of carboxylic acid groups (broad SMARTS) is 1. The Bertz CT molecular complexity index is 458. The lowest BCUT2D eigenvalue weighted by molar-refractivity contribution is -0.140. The molecule has 0 spiro atoms. The molecule has 0 aliphatic heterocycles. The number of halogens is 1. The van der Waals surface area contributed by atoms with Gasteiger partial charge in [0.15, 0.2) is 0 Å². The van der Waals surface area contributed by atoms with Crippen LogP contribution in [-0.2, 0) is 16.0 Å². The van der Waals surface area contributed by atoms with Crippen molar-refractivity contribution in [2.24, 2.45) is 11.8 Å². The van der Waals surface area contributed by atoms with Crippen molar-refractivity contribution in [3.05, 3.63) is 34.3 Å². The van der Waals surface area contributed by atoms with Gasteiger partial charge in [-0.2, -0.15) is 0 Å². The van der Waals surface area contributed by atoms with E-state index in [0.29, 0.717) is 13.0 Å². The molecule has 18 heavy (non-hydrogen) atoms. The maximum Gasteiger partial charge on any atom is 0.307 e. The van der Waals surface area contributed by atoms with Gasteiger partial charge < -0.3 is 10.4 Å². The van der Waals surface area contributed by atoms with Gasteiger partial charge >= 0.3 is 5.97 Å². The van der Waals surface area contributed by atoms with Crippen molar-refractivity contribution in [2.75, 3.05) is 6.54 Å². The Balaban J connectivity index is 1.71. The lowest BCUT2D eigenvalue weighted by atomic mass is 10.1. The highest BCUT2D eigenvalue weighted by Crippen LogP contribution is 2.38. The molecule has 1 amide bonds. The van der Waals surface area contributed by atoms with E-state index in [0.717, 1.165) is 16.5 Å². The van der Waals surface area contributed by atoms with Crippen molar-refractivity contribution >= 4 is 27.8 Å². The largest absolute Gasteiger partial charge is 0.481 e. The Kier molecular flexibility index (Phi) is 4.01. The number of hydrogen-bond acceptors (Lipinski definition) is 2. The molecule has 5 heteroatoms. The molecule has 0 bridgehead atoms. The lowest BCUT2D eigenvalue weighted by Crippen LogP contribution is -2.28. The molecule has 2 N–H and O–H groups in total. The van der Waals surface area contributed by atoms with E-state index in [1.165, 1.54) is 0 Å². The maximum absolute atomic E-state index is 11.6. The maximum atomic E-state index is 11.6. The molecule has 96 valence electrons. The van der Waals surface area contributed by atoms with E-state index in [1.54, 1.807) is 0 Å². The van der Waals surface area contributed by atoms with Crippen molar-refractivity contribution < 1.29 is 14.7 Å². The van der Waals surface area contributed by atoms with Gasteiger partial charge in [0.05, 0.1) is 11.8 Å². The summed E-state index contributed by atoms with van der Waals surface area (Å²) in [7, 11) is 0. The summed E-state index contributed by atoms with van der Waals surface area (Å²) in [6, 6.07) is 7.90. The fraction of sp³-hybridized carbons (Fsp3) is 0.385. The first-order valence-corrected chi connectivity index (χ1v) is 6.62. The molecular weight excluding hydrogens is 298 g/mol. The summed E-state index contributed by atoms with van der Waals surface area (Å²) in [6.45, 7) is 0.545. The summed E-state index contributed by atoms with van der Waals surface area (Å²) in [6.07, 6.45) is 1.23. The third kappa shape index (κ3) is 3.32. The van der Waals surface area contributed by atoms with Gasteiger partial charge in [0.25, 0.3) is 0 Å². The summed E-state index contributed by atoms with van der Waals surface area (Å²) in [5.41, 5.74) is 1.14. The molecule has 2 atom stereocenters. The average molecular weight is 312 g/mol. The fourth-order valence-electron chi connectivity index (χ4n) is 1.87. The number of aliphatic carboxylic acids is 1. The van der Waals surface area contributed by atoms with E-state index in [4.69, 9.17) is 5.11 Å². The average Bonchev–Trinajstić information content (AvgIpc) is 3.11. The van der Waals surface area contributed by atoms with E-state index in [1.807, 2.05) is 24.3 Å². The highest BCUT2D eigenvalue weighted by Gasteiger charge is 2.48. The summed E-state index contributed by atoms with van der Waals surface area (Å²) in [4.78, 5) is 22.2. The second kappa shape index (κ2) is 5.52. The van der Waals surface area contributed by atoms with Gasteiger partial charge in [-0.1, -0.05) is 28.1 Å². The first kappa shape index (κ1) is 13.1. The molecule has 1 saturated carbocycles. The summed E-state index contributed by atoms with van der Waals surface area (Å²) in [5.74, 6) is -1.81. The van der Waals surface area contributed by atoms with Gasteiger partial charge in [0, 0.05) is 11.0 Å². The quantitative estimate of drug-likeness (QED) is 0.872. The first-order valence-electron chi connectivity index (χ1n) is 5.83. The van der Waals surface area contributed by atoms with Crippen molar-refractivity contribution in [2.45, 2.75) is 12.8 Å². The number of hydrogen-bond donors (Lipinski definition) is 2. The molecule has 0 radical (unpaired) electrons. The minimum absolute atomic E-state index is 0.139. The van der Waals surface area contributed by atoms with Crippen molar-refractivity contribution in [3.8, 4) is 0 Å². The number of carboxylic acids is 1. The standard InChI is InChI=1S/C13H14BrNO3/c14-9-3-1-8(2-4-9)5-6-15-12(16)10-7-11(10)13(17)18/h1-4,10-11H,5-7H2,(H,15,16)(H,17,18). The van der Waals surface area contributed by atoms with Crippen molar-refractivity contribution in [1.82, 2.24) is 5.32 Å². The van der Waals surface area contributed by atoms with E-state index < -0.39 is 11.9 Å². The van der Waals surface area contributed by atoms with E-state index in [2.05, 4.69) is 21.2 Å². The molecule has 0 saturated heterocycles. The SMILES string of the molecule is O=C(O)C1CC1C(=O)NCCc1ccc(Br)cc1. The second-order valence-electron chi connectivity index (χ2n) is 4.45. The minimum atomic E-state index is -0.872. The highest BCUT2D eigenvalue weighted by atomic mass is 79.9. The van der Waals surface area contributed by atoms with Gasteiger partial charge in [-0.05, 0) is 30.5 Å². The van der Waals surface area contributed by atoms with Crippen LogP contribution in [0.5, 0.6) is 0 Å². The monoisotopic (exact) mass is 311 g/mol. The molecular formula is C13H14BrNO3. The Labute approximate surface area is 114 Å². The fourth-order valence-corrected chi connectivity index (χ4v) is 2.13. The Morgan fingerprint density at radius 3 is 2.50 bits per heavy atom. The topological polar surface area (TPSA) is 66.4 Å². The third-order valence-corrected chi connectivity index (χ3v) is 3.60. The number of benzene rings is 1. The lowest BCUT2D eigenvalue weighted by Gasteiger charge is -2.04.